The molecule has 0 aliphatic heterocycles. The van der Waals surface area contributed by atoms with Crippen LogP contribution in [-0.2, 0) is 4.79 Å². The summed E-state index contributed by atoms with van der Waals surface area (Å²) in [5, 5.41) is 8.76. The van der Waals surface area contributed by atoms with Crippen molar-refractivity contribution in [2.75, 3.05) is 6.61 Å². The lowest BCUT2D eigenvalue weighted by molar-refractivity contribution is -0.139. The molecule has 1 N–H and O–H groups in total. The zero-order chi connectivity index (χ0) is 14.7. The Morgan fingerprint density at radius 3 is 2.30 bits per heavy atom. The van der Waals surface area contributed by atoms with E-state index in [1.165, 1.54) is 0 Å². The van der Waals surface area contributed by atoms with Crippen LogP contribution in [0.15, 0.2) is 49.8 Å². The number of carboxylic acid groups (broad SMARTS) is 1. The molecule has 0 radical (unpaired) electrons. The van der Waals surface area contributed by atoms with Gasteiger partial charge in [-0.1, -0.05) is 44.0 Å². The van der Waals surface area contributed by atoms with Crippen molar-refractivity contribution in [3.8, 4) is 16.9 Å². The summed E-state index contributed by atoms with van der Waals surface area (Å²) in [5.74, 6) is -0.500. The van der Waals surface area contributed by atoms with Crippen molar-refractivity contribution in [3.63, 3.8) is 0 Å². The molecule has 0 aromatic heterocycles. The van der Waals surface area contributed by atoms with Crippen LogP contribution in [0.1, 0.15) is 0 Å². The minimum atomic E-state index is -1.01. The van der Waals surface area contributed by atoms with Crippen LogP contribution in [0.25, 0.3) is 11.1 Å². The predicted molar refractivity (Wildman–Crippen MR) is 88.1 cm³/mol. The van der Waals surface area contributed by atoms with Crippen LogP contribution < -0.4 is 4.74 Å². The Morgan fingerprint density at radius 2 is 1.70 bits per heavy atom. The second kappa shape index (κ2) is 6.74. The third-order valence-electron chi connectivity index (χ3n) is 2.50. The highest BCUT2D eigenvalue weighted by Gasteiger charge is 2.13. The predicted octanol–water partition coefficient (Wildman–Crippen LogP) is 5.10. The van der Waals surface area contributed by atoms with Gasteiger partial charge in [-0.2, -0.15) is 0 Å². The maximum Gasteiger partial charge on any atom is 0.341 e. The van der Waals surface area contributed by atoms with Gasteiger partial charge in [0.05, 0.1) is 4.47 Å². The first-order valence-corrected chi connectivity index (χ1v) is 7.95. The van der Waals surface area contributed by atoms with E-state index in [-0.39, 0.29) is 6.61 Å². The van der Waals surface area contributed by atoms with Crippen molar-refractivity contribution in [1.29, 1.82) is 0 Å². The van der Waals surface area contributed by atoms with E-state index < -0.39 is 5.97 Å². The Labute approximate surface area is 141 Å². The molecule has 2 rings (SSSR count). The van der Waals surface area contributed by atoms with Crippen LogP contribution in [0.2, 0.25) is 0 Å². The number of hydrogen-bond donors (Lipinski definition) is 1. The number of rotatable bonds is 4. The van der Waals surface area contributed by atoms with Crippen LogP contribution in [0.3, 0.4) is 0 Å². The molecule has 0 saturated heterocycles. The smallest absolute Gasteiger partial charge is 0.341 e. The van der Waals surface area contributed by atoms with Gasteiger partial charge < -0.3 is 9.84 Å². The van der Waals surface area contributed by atoms with Crippen molar-refractivity contribution in [3.05, 3.63) is 49.8 Å². The Balaban J connectivity index is 2.49. The zero-order valence-corrected chi connectivity index (χ0v) is 14.8. The monoisotopic (exact) mass is 462 g/mol. The van der Waals surface area contributed by atoms with Gasteiger partial charge in [0.2, 0.25) is 0 Å². The topological polar surface area (TPSA) is 46.5 Å². The highest BCUT2D eigenvalue weighted by Crippen LogP contribution is 2.39. The molecule has 2 aromatic rings. The van der Waals surface area contributed by atoms with E-state index in [1.54, 1.807) is 0 Å². The highest BCUT2D eigenvalue weighted by molar-refractivity contribution is 9.11. The molecule has 6 heteroatoms. The van der Waals surface area contributed by atoms with Crippen LogP contribution in [0, 0.1) is 0 Å². The number of hydrogen-bond acceptors (Lipinski definition) is 2. The summed E-state index contributed by atoms with van der Waals surface area (Å²) in [5.41, 5.74) is 1.76. The van der Waals surface area contributed by atoms with Crippen molar-refractivity contribution in [2.45, 2.75) is 0 Å². The Hall–Kier alpha value is -0.850. The minimum Gasteiger partial charge on any atom is -0.480 e. The SMILES string of the molecule is O=C(O)COc1c(Br)cc(Br)cc1-c1ccc(Br)cc1. The molecule has 0 heterocycles. The average molecular weight is 465 g/mol. The zero-order valence-electron chi connectivity index (χ0n) is 10.1. The van der Waals surface area contributed by atoms with Gasteiger partial charge in [-0.25, -0.2) is 4.79 Å². The van der Waals surface area contributed by atoms with E-state index in [2.05, 4.69) is 47.8 Å². The first-order valence-electron chi connectivity index (χ1n) is 5.57. The summed E-state index contributed by atoms with van der Waals surface area (Å²) in [4.78, 5) is 10.7. The summed E-state index contributed by atoms with van der Waals surface area (Å²) < 4.78 is 7.94. The molecule has 0 unspecified atom stereocenters. The van der Waals surface area contributed by atoms with Gasteiger partial charge in [-0.15, -0.1) is 0 Å². The van der Waals surface area contributed by atoms with Crippen molar-refractivity contribution in [2.24, 2.45) is 0 Å². The molecule has 0 saturated carbocycles. The molecule has 0 bridgehead atoms. The average Bonchev–Trinajstić information content (AvgIpc) is 2.37. The lowest BCUT2D eigenvalue weighted by Crippen LogP contribution is -2.10. The molecule has 0 atom stereocenters. The largest absolute Gasteiger partial charge is 0.480 e. The van der Waals surface area contributed by atoms with E-state index in [9.17, 15) is 4.79 Å². The van der Waals surface area contributed by atoms with E-state index in [4.69, 9.17) is 9.84 Å². The summed E-state index contributed by atoms with van der Waals surface area (Å²) >= 11 is 10.2. The van der Waals surface area contributed by atoms with Gasteiger partial charge in [0, 0.05) is 14.5 Å². The Morgan fingerprint density at radius 1 is 1.05 bits per heavy atom. The Bertz CT molecular complexity index is 639. The maximum atomic E-state index is 10.7. The molecule has 0 fully saturated rings. The number of aliphatic carboxylic acids is 1. The van der Waals surface area contributed by atoms with Crippen LogP contribution >= 0.6 is 47.8 Å². The number of carboxylic acids is 1. The number of halogens is 3. The molecule has 0 aliphatic carbocycles. The summed E-state index contributed by atoms with van der Waals surface area (Å²) in [7, 11) is 0. The minimum absolute atomic E-state index is 0.385. The second-order valence-corrected chi connectivity index (χ2v) is 6.64. The molecular weight excluding hydrogens is 456 g/mol. The summed E-state index contributed by atoms with van der Waals surface area (Å²) in [6, 6.07) is 11.4. The van der Waals surface area contributed by atoms with Crippen molar-refractivity contribution in [1.82, 2.24) is 0 Å². The van der Waals surface area contributed by atoms with E-state index in [1.807, 2.05) is 36.4 Å². The number of benzene rings is 2. The van der Waals surface area contributed by atoms with Gasteiger partial charge in [0.25, 0.3) is 0 Å². The summed E-state index contributed by atoms with van der Waals surface area (Å²) in [6.07, 6.45) is 0. The fourth-order valence-corrected chi connectivity index (χ4v) is 3.29. The van der Waals surface area contributed by atoms with Gasteiger partial charge >= 0.3 is 5.97 Å². The molecule has 0 aliphatic rings. The van der Waals surface area contributed by atoms with E-state index in [0.717, 1.165) is 20.1 Å². The third-order valence-corrected chi connectivity index (χ3v) is 4.08. The maximum absolute atomic E-state index is 10.7. The fourth-order valence-electron chi connectivity index (χ4n) is 1.68. The van der Waals surface area contributed by atoms with Gasteiger partial charge in [-0.3, -0.25) is 0 Å². The molecule has 3 nitrogen and oxygen atoms in total. The summed E-state index contributed by atoms with van der Waals surface area (Å²) in [6.45, 7) is -0.385. The first-order chi connectivity index (χ1) is 9.47. The lowest BCUT2D eigenvalue weighted by Gasteiger charge is -2.13. The highest BCUT2D eigenvalue weighted by atomic mass is 79.9. The van der Waals surface area contributed by atoms with Crippen LogP contribution in [0.4, 0.5) is 0 Å². The van der Waals surface area contributed by atoms with Gasteiger partial charge in [-0.05, 0) is 45.8 Å². The van der Waals surface area contributed by atoms with Gasteiger partial charge in [0.15, 0.2) is 6.61 Å². The standard InChI is InChI=1S/C14H9Br3O3/c15-9-3-1-8(2-4-9)11-5-10(16)6-12(17)14(11)20-7-13(18)19/h1-6H,7H2,(H,18,19). The third kappa shape index (κ3) is 3.84. The lowest BCUT2D eigenvalue weighted by atomic mass is 10.0. The normalized spacial score (nSPS) is 10.3. The molecular formula is C14H9Br3O3. The molecule has 0 amide bonds. The molecule has 0 spiro atoms. The van der Waals surface area contributed by atoms with Crippen LogP contribution in [0.5, 0.6) is 5.75 Å². The van der Waals surface area contributed by atoms with Crippen LogP contribution in [-0.4, -0.2) is 17.7 Å². The van der Waals surface area contributed by atoms with Crippen molar-refractivity contribution >= 4 is 53.8 Å². The first kappa shape index (κ1) is 15.5. The second-order valence-electron chi connectivity index (χ2n) is 3.95. The molecule has 104 valence electrons. The fraction of sp³-hybridized carbons (Fsp3) is 0.0714. The number of carbonyl (C=O) groups is 1. The van der Waals surface area contributed by atoms with E-state index in [0.29, 0.717) is 10.2 Å². The molecule has 20 heavy (non-hydrogen) atoms. The Kier molecular flexibility index (Phi) is 5.23. The quantitative estimate of drug-likeness (QED) is 0.684. The van der Waals surface area contributed by atoms with Gasteiger partial charge in [0.1, 0.15) is 5.75 Å². The number of ether oxygens (including phenoxy) is 1. The van der Waals surface area contributed by atoms with E-state index >= 15 is 0 Å². The molecule has 2 aromatic carbocycles. The van der Waals surface area contributed by atoms with Crippen molar-refractivity contribution < 1.29 is 14.6 Å².